The molecule has 2 heterocycles. The number of Topliss-reactive ketones (excluding diaryl/α,β-unsaturated/α-hetero) is 1. The Bertz CT molecular complexity index is 749. The van der Waals surface area contributed by atoms with Crippen LogP contribution in [0.3, 0.4) is 0 Å². The maximum absolute atomic E-state index is 11.6. The molecule has 0 saturated heterocycles. The van der Waals surface area contributed by atoms with Crippen molar-refractivity contribution in [1.29, 1.82) is 0 Å². The lowest BCUT2D eigenvalue weighted by atomic mass is 10.1. The lowest BCUT2D eigenvalue weighted by Gasteiger charge is -2.03. The molecule has 5 nitrogen and oxygen atoms in total. The average molecular weight is 266 g/mol. The highest BCUT2D eigenvalue weighted by atomic mass is 16.1. The first-order chi connectivity index (χ1) is 9.79. The molecular weight excluding hydrogens is 252 g/mol. The summed E-state index contributed by atoms with van der Waals surface area (Å²) in [7, 11) is 0. The van der Waals surface area contributed by atoms with Gasteiger partial charge < -0.3 is 0 Å². The van der Waals surface area contributed by atoms with Crippen LogP contribution in [0.1, 0.15) is 19.0 Å². The van der Waals surface area contributed by atoms with Gasteiger partial charge in [0, 0.05) is 12.8 Å². The molecule has 5 heteroatoms. The normalized spacial score (nSPS) is 10.8. The number of hydrogen-bond donors (Lipinski definition) is 0. The van der Waals surface area contributed by atoms with Crippen molar-refractivity contribution in [3.8, 4) is 5.69 Å². The molecule has 0 bridgehead atoms. The van der Waals surface area contributed by atoms with Crippen molar-refractivity contribution >= 4 is 16.8 Å². The van der Waals surface area contributed by atoms with E-state index >= 15 is 0 Å². The quantitative estimate of drug-likeness (QED) is 0.727. The van der Waals surface area contributed by atoms with Gasteiger partial charge in [0.15, 0.2) is 5.65 Å². The Morgan fingerprint density at radius 2 is 2.00 bits per heavy atom. The number of carbonyl (C=O) groups excluding carboxylic acids is 1. The van der Waals surface area contributed by atoms with E-state index < -0.39 is 0 Å². The molecule has 0 aliphatic heterocycles. The van der Waals surface area contributed by atoms with Gasteiger partial charge in [-0.15, -0.1) is 0 Å². The zero-order valence-corrected chi connectivity index (χ0v) is 11.2. The van der Waals surface area contributed by atoms with E-state index in [0.717, 1.165) is 22.4 Å². The molecule has 1 aromatic carbocycles. The van der Waals surface area contributed by atoms with Crippen molar-refractivity contribution in [2.45, 2.75) is 19.8 Å². The second-order valence-corrected chi connectivity index (χ2v) is 4.52. The molecule has 0 N–H and O–H groups in total. The average Bonchev–Trinajstić information content (AvgIpc) is 2.93. The molecule has 0 fully saturated rings. The number of hydrogen-bond acceptors (Lipinski definition) is 4. The van der Waals surface area contributed by atoms with Gasteiger partial charge in [0.2, 0.25) is 0 Å². The Morgan fingerprint density at radius 1 is 1.20 bits per heavy atom. The smallest absolute Gasteiger partial charge is 0.166 e. The highest BCUT2D eigenvalue weighted by Gasteiger charge is 2.12. The molecule has 100 valence electrons. The zero-order valence-electron chi connectivity index (χ0n) is 11.2. The van der Waals surface area contributed by atoms with E-state index in [0.29, 0.717) is 12.8 Å². The third-order valence-electron chi connectivity index (χ3n) is 3.21. The first-order valence-corrected chi connectivity index (χ1v) is 6.54. The van der Waals surface area contributed by atoms with Crippen molar-refractivity contribution in [3.63, 3.8) is 0 Å². The Morgan fingerprint density at radius 3 is 2.75 bits per heavy atom. The van der Waals surface area contributed by atoms with Crippen LogP contribution in [0.15, 0.2) is 42.9 Å². The third-order valence-corrected chi connectivity index (χ3v) is 3.21. The number of fused-ring (bicyclic) bond motifs is 1. The number of benzene rings is 1. The Labute approximate surface area is 116 Å². The lowest BCUT2D eigenvalue weighted by molar-refractivity contribution is -0.118. The standard InChI is InChI=1S/C15H14N4O/c1-2-12(20)8-14-13-9-18-19(15(13)17-10-16-14)11-6-4-3-5-7-11/h3-7,9-10H,2,8H2,1H3. The fourth-order valence-corrected chi connectivity index (χ4v) is 2.10. The first kappa shape index (κ1) is 12.5. The van der Waals surface area contributed by atoms with Crippen LogP contribution in [-0.2, 0) is 11.2 Å². The highest BCUT2D eigenvalue weighted by Crippen LogP contribution is 2.18. The summed E-state index contributed by atoms with van der Waals surface area (Å²) in [6, 6.07) is 9.78. The molecular formula is C15H14N4O. The van der Waals surface area contributed by atoms with E-state index in [2.05, 4.69) is 15.1 Å². The van der Waals surface area contributed by atoms with Crippen LogP contribution in [0.25, 0.3) is 16.7 Å². The summed E-state index contributed by atoms with van der Waals surface area (Å²) in [6.45, 7) is 1.86. The predicted molar refractivity (Wildman–Crippen MR) is 75.7 cm³/mol. The fraction of sp³-hybridized carbons (Fsp3) is 0.200. The molecule has 2 aromatic heterocycles. The van der Waals surface area contributed by atoms with Crippen molar-refractivity contribution in [2.24, 2.45) is 0 Å². The van der Waals surface area contributed by atoms with Gasteiger partial charge in [-0.3, -0.25) is 4.79 Å². The van der Waals surface area contributed by atoms with Crippen molar-refractivity contribution < 1.29 is 4.79 Å². The molecule has 20 heavy (non-hydrogen) atoms. The number of nitrogens with zero attached hydrogens (tertiary/aromatic N) is 4. The van der Waals surface area contributed by atoms with E-state index in [1.807, 2.05) is 37.3 Å². The molecule has 0 aliphatic carbocycles. The van der Waals surface area contributed by atoms with Gasteiger partial charge in [-0.1, -0.05) is 25.1 Å². The molecule has 3 aromatic rings. The van der Waals surface area contributed by atoms with Crippen molar-refractivity contribution in [1.82, 2.24) is 19.7 Å². The summed E-state index contributed by atoms with van der Waals surface area (Å²) in [6.07, 6.45) is 4.05. The van der Waals surface area contributed by atoms with Crippen LogP contribution in [0, 0.1) is 0 Å². The van der Waals surface area contributed by atoms with E-state index in [1.54, 1.807) is 10.9 Å². The van der Waals surface area contributed by atoms with Gasteiger partial charge in [-0.25, -0.2) is 14.6 Å². The van der Waals surface area contributed by atoms with Crippen LogP contribution in [0.2, 0.25) is 0 Å². The zero-order chi connectivity index (χ0) is 13.9. The summed E-state index contributed by atoms with van der Waals surface area (Å²) in [5.41, 5.74) is 2.41. The van der Waals surface area contributed by atoms with Crippen LogP contribution >= 0.6 is 0 Å². The van der Waals surface area contributed by atoms with E-state index in [9.17, 15) is 4.79 Å². The van der Waals surface area contributed by atoms with Crippen LogP contribution < -0.4 is 0 Å². The minimum absolute atomic E-state index is 0.164. The van der Waals surface area contributed by atoms with Gasteiger partial charge in [0.1, 0.15) is 12.1 Å². The van der Waals surface area contributed by atoms with E-state index in [-0.39, 0.29) is 5.78 Å². The monoisotopic (exact) mass is 266 g/mol. The minimum atomic E-state index is 0.164. The third kappa shape index (κ3) is 2.18. The number of aromatic nitrogens is 4. The van der Waals surface area contributed by atoms with Gasteiger partial charge >= 0.3 is 0 Å². The van der Waals surface area contributed by atoms with E-state index in [4.69, 9.17) is 0 Å². The molecule has 0 amide bonds. The molecule has 0 radical (unpaired) electrons. The van der Waals surface area contributed by atoms with Gasteiger partial charge in [0.05, 0.1) is 23.0 Å². The summed E-state index contributed by atoms with van der Waals surface area (Å²) in [5, 5.41) is 5.19. The highest BCUT2D eigenvalue weighted by molar-refractivity contribution is 5.86. The summed E-state index contributed by atoms with van der Waals surface area (Å²) in [5.74, 6) is 0.164. The maximum atomic E-state index is 11.6. The Balaban J connectivity index is 2.10. The molecule has 0 aliphatic rings. The van der Waals surface area contributed by atoms with Crippen molar-refractivity contribution in [3.05, 3.63) is 48.5 Å². The van der Waals surface area contributed by atoms with Gasteiger partial charge in [-0.05, 0) is 12.1 Å². The molecule has 0 spiro atoms. The largest absolute Gasteiger partial charge is 0.299 e. The van der Waals surface area contributed by atoms with Crippen molar-refractivity contribution in [2.75, 3.05) is 0 Å². The summed E-state index contributed by atoms with van der Waals surface area (Å²) >= 11 is 0. The predicted octanol–water partition coefficient (Wildman–Crippen LogP) is 2.34. The second kappa shape index (κ2) is 5.21. The van der Waals surface area contributed by atoms with Gasteiger partial charge in [0.25, 0.3) is 0 Å². The summed E-state index contributed by atoms with van der Waals surface area (Å²) < 4.78 is 1.76. The molecule has 0 saturated carbocycles. The van der Waals surface area contributed by atoms with Gasteiger partial charge in [-0.2, -0.15) is 5.10 Å². The number of rotatable bonds is 4. The van der Waals surface area contributed by atoms with Crippen LogP contribution in [0.5, 0.6) is 0 Å². The minimum Gasteiger partial charge on any atom is -0.299 e. The molecule has 0 atom stereocenters. The summed E-state index contributed by atoms with van der Waals surface area (Å²) in [4.78, 5) is 20.1. The van der Waals surface area contributed by atoms with Crippen LogP contribution in [0.4, 0.5) is 0 Å². The second-order valence-electron chi connectivity index (χ2n) is 4.52. The first-order valence-electron chi connectivity index (χ1n) is 6.54. The SMILES string of the molecule is CCC(=O)Cc1ncnc2c1cnn2-c1ccccc1. The molecule has 0 unspecified atom stereocenters. The Kier molecular flexibility index (Phi) is 3.25. The number of ketones is 1. The fourth-order valence-electron chi connectivity index (χ4n) is 2.10. The molecule has 3 rings (SSSR count). The van der Waals surface area contributed by atoms with E-state index in [1.165, 1.54) is 6.33 Å². The lowest BCUT2D eigenvalue weighted by Crippen LogP contribution is -2.04. The number of carbonyl (C=O) groups is 1. The maximum Gasteiger partial charge on any atom is 0.166 e. The number of para-hydroxylation sites is 1. The topological polar surface area (TPSA) is 60.7 Å². The van der Waals surface area contributed by atoms with Crippen LogP contribution in [-0.4, -0.2) is 25.5 Å². The Hall–Kier alpha value is -2.56.